The molecule has 2 fully saturated rings. The number of hydrogen-bond acceptors (Lipinski definition) is 2. The first-order valence-corrected chi connectivity index (χ1v) is 5.89. The van der Waals surface area contributed by atoms with Gasteiger partial charge in [0.2, 0.25) is 0 Å². The van der Waals surface area contributed by atoms with E-state index in [-0.39, 0.29) is 0 Å². The van der Waals surface area contributed by atoms with Crippen molar-refractivity contribution in [3.63, 3.8) is 0 Å². The topological polar surface area (TPSA) is 21.3 Å². The minimum absolute atomic E-state index is 0.374. The Morgan fingerprint density at radius 1 is 1.20 bits per heavy atom. The van der Waals surface area contributed by atoms with Crippen LogP contribution < -0.4 is 10.1 Å². The van der Waals surface area contributed by atoms with Gasteiger partial charge < -0.3 is 10.1 Å². The number of ether oxygens (including phenoxy) is 1. The average molecular weight is 203 g/mol. The van der Waals surface area contributed by atoms with E-state index in [4.69, 9.17) is 4.74 Å². The SMILES string of the molecule is c1cc(OC2CCNC2)cc(C2CC2)c1. The van der Waals surface area contributed by atoms with E-state index in [1.807, 2.05) is 0 Å². The molecule has 15 heavy (non-hydrogen) atoms. The Bertz CT molecular complexity index is 340. The van der Waals surface area contributed by atoms with Gasteiger partial charge in [-0.2, -0.15) is 0 Å². The normalized spacial score (nSPS) is 25.5. The molecule has 1 aromatic carbocycles. The van der Waals surface area contributed by atoms with Gasteiger partial charge in [-0.1, -0.05) is 12.1 Å². The third kappa shape index (κ3) is 2.15. The maximum absolute atomic E-state index is 5.93. The van der Waals surface area contributed by atoms with E-state index < -0.39 is 0 Å². The van der Waals surface area contributed by atoms with Crippen LogP contribution >= 0.6 is 0 Å². The summed E-state index contributed by atoms with van der Waals surface area (Å²) in [6, 6.07) is 8.63. The van der Waals surface area contributed by atoms with Crippen molar-refractivity contribution < 1.29 is 4.74 Å². The zero-order valence-electron chi connectivity index (χ0n) is 8.91. The van der Waals surface area contributed by atoms with Gasteiger partial charge in [0.1, 0.15) is 11.9 Å². The molecule has 1 saturated carbocycles. The predicted octanol–water partition coefficient (Wildman–Crippen LogP) is 2.30. The second-order valence-electron chi connectivity index (χ2n) is 4.58. The number of benzene rings is 1. The van der Waals surface area contributed by atoms with Crippen molar-refractivity contribution in [1.82, 2.24) is 5.32 Å². The largest absolute Gasteiger partial charge is 0.489 e. The fraction of sp³-hybridized carbons (Fsp3) is 0.538. The fourth-order valence-electron chi connectivity index (χ4n) is 2.18. The Labute approximate surface area is 90.6 Å². The smallest absolute Gasteiger partial charge is 0.120 e. The molecule has 1 aliphatic heterocycles. The Kier molecular flexibility index (Phi) is 2.37. The van der Waals surface area contributed by atoms with E-state index in [0.29, 0.717) is 6.10 Å². The summed E-state index contributed by atoms with van der Waals surface area (Å²) in [6.07, 6.45) is 4.22. The van der Waals surface area contributed by atoms with Crippen LogP contribution in [0.25, 0.3) is 0 Å². The lowest BCUT2D eigenvalue weighted by Gasteiger charge is -2.13. The summed E-state index contributed by atoms with van der Waals surface area (Å²) >= 11 is 0. The van der Waals surface area contributed by atoms with E-state index >= 15 is 0 Å². The first-order chi connectivity index (χ1) is 7.42. The molecule has 1 aromatic rings. The fourth-order valence-corrected chi connectivity index (χ4v) is 2.18. The lowest BCUT2D eigenvalue weighted by atomic mass is 10.1. The van der Waals surface area contributed by atoms with Crippen molar-refractivity contribution in [2.75, 3.05) is 13.1 Å². The van der Waals surface area contributed by atoms with Gasteiger partial charge in [-0.25, -0.2) is 0 Å². The summed E-state index contributed by atoms with van der Waals surface area (Å²) in [5.74, 6) is 1.86. The van der Waals surface area contributed by atoms with Crippen LogP contribution in [0.2, 0.25) is 0 Å². The van der Waals surface area contributed by atoms with Gasteiger partial charge >= 0.3 is 0 Å². The molecule has 2 nitrogen and oxygen atoms in total. The lowest BCUT2D eigenvalue weighted by molar-refractivity contribution is 0.223. The molecule has 0 amide bonds. The second kappa shape index (κ2) is 3.86. The van der Waals surface area contributed by atoms with Crippen LogP contribution in [-0.2, 0) is 0 Å². The maximum Gasteiger partial charge on any atom is 0.120 e. The van der Waals surface area contributed by atoms with E-state index in [1.54, 1.807) is 0 Å². The van der Waals surface area contributed by atoms with Gasteiger partial charge in [0.25, 0.3) is 0 Å². The molecule has 80 valence electrons. The van der Waals surface area contributed by atoms with Crippen molar-refractivity contribution in [3.8, 4) is 5.75 Å². The molecule has 0 radical (unpaired) electrons. The predicted molar refractivity (Wildman–Crippen MR) is 60.3 cm³/mol. The van der Waals surface area contributed by atoms with Crippen LogP contribution in [0, 0.1) is 0 Å². The van der Waals surface area contributed by atoms with Gasteiger partial charge in [0.15, 0.2) is 0 Å². The molecule has 3 rings (SSSR count). The van der Waals surface area contributed by atoms with Crippen LogP contribution in [0.3, 0.4) is 0 Å². The van der Waals surface area contributed by atoms with Gasteiger partial charge in [-0.05, 0) is 49.4 Å². The maximum atomic E-state index is 5.93. The summed E-state index contributed by atoms with van der Waals surface area (Å²) in [5, 5.41) is 3.32. The highest BCUT2D eigenvalue weighted by Crippen LogP contribution is 2.41. The lowest BCUT2D eigenvalue weighted by Crippen LogP contribution is -2.19. The zero-order chi connectivity index (χ0) is 10.1. The first-order valence-electron chi connectivity index (χ1n) is 5.89. The third-order valence-electron chi connectivity index (χ3n) is 3.22. The van der Waals surface area contributed by atoms with E-state index in [9.17, 15) is 0 Å². The Balaban J connectivity index is 1.70. The van der Waals surface area contributed by atoms with Gasteiger partial charge in [-0.3, -0.25) is 0 Å². The van der Waals surface area contributed by atoms with Crippen LogP contribution in [0.5, 0.6) is 5.75 Å². The molecule has 1 unspecified atom stereocenters. The minimum atomic E-state index is 0.374. The molecule has 1 saturated heterocycles. The summed E-state index contributed by atoms with van der Waals surface area (Å²) < 4.78 is 5.93. The summed E-state index contributed by atoms with van der Waals surface area (Å²) in [7, 11) is 0. The van der Waals surface area contributed by atoms with E-state index in [2.05, 4.69) is 29.6 Å². The quantitative estimate of drug-likeness (QED) is 0.814. The van der Waals surface area contributed by atoms with Crippen LogP contribution in [0.1, 0.15) is 30.7 Å². The van der Waals surface area contributed by atoms with Gasteiger partial charge in [0.05, 0.1) is 0 Å². The first kappa shape index (κ1) is 9.22. The van der Waals surface area contributed by atoms with Crippen molar-refractivity contribution in [2.24, 2.45) is 0 Å². The molecule has 1 heterocycles. The second-order valence-corrected chi connectivity index (χ2v) is 4.58. The minimum Gasteiger partial charge on any atom is -0.489 e. The Morgan fingerprint density at radius 2 is 2.13 bits per heavy atom. The highest BCUT2D eigenvalue weighted by Gasteiger charge is 2.24. The molecule has 0 aromatic heterocycles. The van der Waals surface area contributed by atoms with Crippen LogP contribution in [0.15, 0.2) is 24.3 Å². The van der Waals surface area contributed by atoms with Gasteiger partial charge in [0, 0.05) is 6.54 Å². The monoisotopic (exact) mass is 203 g/mol. The van der Waals surface area contributed by atoms with Crippen molar-refractivity contribution in [2.45, 2.75) is 31.3 Å². The Morgan fingerprint density at radius 3 is 2.87 bits per heavy atom. The third-order valence-corrected chi connectivity index (χ3v) is 3.22. The van der Waals surface area contributed by atoms with Crippen LogP contribution in [0.4, 0.5) is 0 Å². The summed E-state index contributed by atoms with van der Waals surface area (Å²) in [4.78, 5) is 0. The molecule has 0 bridgehead atoms. The number of nitrogens with one attached hydrogen (secondary N) is 1. The molecule has 1 atom stereocenters. The standard InChI is InChI=1S/C13H17NO/c1-2-11(10-4-5-10)8-12(3-1)15-13-6-7-14-9-13/h1-3,8,10,13-14H,4-7,9H2. The highest BCUT2D eigenvalue weighted by atomic mass is 16.5. The van der Waals surface area contributed by atoms with E-state index in [1.165, 1.54) is 18.4 Å². The van der Waals surface area contributed by atoms with Crippen molar-refractivity contribution >= 4 is 0 Å². The highest BCUT2D eigenvalue weighted by molar-refractivity contribution is 5.33. The average Bonchev–Trinajstić information content (AvgIpc) is 3.00. The zero-order valence-corrected chi connectivity index (χ0v) is 8.91. The van der Waals surface area contributed by atoms with Gasteiger partial charge in [-0.15, -0.1) is 0 Å². The number of hydrogen-bond donors (Lipinski definition) is 1. The summed E-state index contributed by atoms with van der Waals surface area (Å²) in [5.41, 5.74) is 1.46. The molecular weight excluding hydrogens is 186 g/mol. The molecular formula is C13H17NO. The molecule has 2 aliphatic rings. The molecule has 2 heteroatoms. The van der Waals surface area contributed by atoms with Crippen molar-refractivity contribution in [3.05, 3.63) is 29.8 Å². The summed E-state index contributed by atoms with van der Waals surface area (Å²) in [6.45, 7) is 2.08. The van der Waals surface area contributed by atoms with E-state index in [0.717, 1.165) is 31.2 Å². The van der Waals surface area contributed by atoms with Crippen molar-refractivity contribution in [1.29, 1.82) is 0 Å². The molecule has 1 aliphatic carbocycles. The molecule has 0 spiro atoms. The Hall–Kier alpha value is -1.02. The molecule has 1 N–H and O–H groups in total. The van der Waals surface area contributed by atoms with Crippen LogP contribution in [-0.4, -0.2) is 19.2 Å². The number of rotatable bonds is 3.